The number of fused-ring (bicyclic) bond motifs is 1. The van der Waals surface area contributed by atoms with Gasteiger partial charge in [0.05, 0.1) is 19.9 Å². The third kappa shape index (κ3) is 4.62. The number of thiocarbonyl (C=S) groups is 1. The maximum Gasteiger partial charge on any atom is 0.189 e. The first-order valence-corrected chi connectivity index (χ1v) is 8.88. The molecule has 0 fully saturated rings. The van der Waals surface area contributed by atoms with E-state index in [4.69, 9.17) is 26.4 Å². The second-order valence-corrected chi connectivity index (χ2v) is 6.97. The standard InChI is InChI=1S/C20H23N3O3S/c1-20(2)12-17(16-11-15(25-4)9-10-18(16)26-20)22-23-19(27)21-13-5-7-14(24-3)8-6-13/h5-12,22H,1-4H3,(H2,21,23,27). The van der Waals surface area contributed by atoms with Gasteiger partial charge in [0.1, 0.15) is 22.8 Å². The number of nitrogens with one attached hydrogen (secondary N) is 3. The summed E-state index contributed by atoms with van der Waals surface area (Å²) in [4.78, 5) is 0. The van der Waals surface area contributed by atoms with Gasteiger partial charge in [-0.3, -0.25) is 10.9 Å². The van der Waals surface area contributed by atoms with Crippen LogP contribution in [0.5, 0.6) is 17.2 Å². The van der Waals surface area contributed by atoms with Crippen molar-refractivity contribution in [3.05, 3.63) is 54.1 Å². The Bertz CT molecular complexity index is 863. The van der Waals surface area contributed by atoms with Gasteiger partial charge >= 0.3 is 0 Å². The molecule has 0 radical (unpaired) electrons. The van der Waals surface area contributed by atoms with E-state index in [1.165, 1.54) is 0 Å². The highest BCUT2D eigenvalue weighted by atomic mass is 32.1. The second kappa shape index (κ2) is 7.75. The highest BCUT2D eigenvalue weighted by Gasteiger charge is 2.27. The van der Waals surface area contributed by atoms with Gasteiger partial charge in [0.2, 0.25) is 0 Å². The number of methoxy groups -OCH3 is 2. The van der Waals surface area contributed by atoms with E-state index in [0.29, 0.717) is 5.11 Å². The molecule has 0 aliphatic carbocycles. The summed E-state index contributed by atoms with van der Waals surface area (Å²) in [6.07, 6.45) is 2.00. The summed E-state index contributed by atoms with van der Waals surface area (Å²) in [6.45, 7) is 3.99. The summed E-state index contributed by atoms with van der Waals surface area (Å²) in [5.41, 5.74) is 8.36. The molecule has 142 valence electrons. The Kier molecular flexibility index (Phi) is 5.41. The number of hydrogen-bond donors (Lipinski definition) is 3. The van der Waals surface area contributed by atoms with E-state index in [2.05, 4.69) is 16.2 Å². The van der Waals surface area contributed by atoms with Crippen LogP contribution in [0.3, 0.4) is 0 Å². The molecular weight excluding hydrogens is 362 g/mol. The number of benzene rings is 2. The average Bonchev–Trinajstić information content (AvgIpc) is 2.65. The average molecular weight is 385 g/mol. The first-order valence-electron chi connectivity index (χ1n) is 8.47. The summed E-state index contributed by atoms with van der Waals surface area (Å²) in [5.74, 6) is 2.32. The zero-order chi connectivity index (χ0) is 19.4. The highest BCUT2D eigenvalue weighted by molar-refractivity contribution is 7.80. The van der Waals surface area contributed by atoms with Crippen molar-refractivity contribution in [2.75, 3.05) is 19.5 Å². The fraction of sp³-hybridized carbons (Fsp3) is 0.250. The summed E-state index contributed by atoms with van der Waals surface area (Å²) in [6, 6.07) is 13.2. The summed E-state index contributed by atoms with van der Waals surface area (Å²) >= 11 is 5.37. The summed E-state index contributed by atoms with van der Waals surface area (Å²) in [7, 11) is 3.27. The maximum atomic E-state index is 6.01. The monoisotopic (exact) mass is 385 g/mol. The largest absolute Gasteiger partial charge is 0.497 e. The fourth-order valence-electron chi connectivity index (χ4n) is 2.74. The van der Waals surface area contributed by atoms with Crippen LogP contribution >= 0.6 is 12.2 Å². The Balaban J connectivity index is 1.70. The van der Waals surface area contributed by atoms with E-state index in [0.717, 1.165) is 34.2 Å². The number of rotatable bonds is 5. The molecule has 0 aromatic heterocycles. The van der Waals surface area contributed by atoms with Crippen LogP contribution in [0.4, 0.5) is 5.69 Å². The molecular formula is C20H23N3O3S. The zero-order valence-electron chi connectivity index (χ0n) is 15.8. The van der Waals surface area contributed by atoms with Crippen LogP contribution in [0.15, 0.2) is 48.5 Å². The number of hydrazine groups is 1. The molecule has 6 nitrogen and oxygen atoms in total. The third-order valence-electron chi connectivity index (χ3n) is 4.00. The van der Waals surface area contributed by atoms with Crippen LogP contribution in [0.25, 0.3) is 5.70 Å². The Morgan fingerprint density at radius 2 is 1.67 bits per heavy atom. The normalized spacial score (nSPS) is 14.1. The Labute approximate surface area is 164 Å². The Morgan fingerprint density at radius 1 is 1.00 bits per heavy atom. The minimum Gasteiger partial charge on any atom is -0.497 e. The first-order chi connectivity index (χ1) is 12.9. The van der Waals surface area contributed by atoms with Crippen LogP contribution in [0.1, 0.15) is 19.4 Å². The molecule has 1 aliphatic heterocycles. The summed E-state index contributed by atoms with van der Waals surface area (Å²) in [5, 5.41) is 3.56. The first kappa shape index (κ1) is 18.8. The van der Waals surface area contributed by atoms with Gasteiger partial charge in [0, 0.05) is 11.3 Å². The zero-order valence-corrected chi connectivity index (χ0v) is 16.6. The van der Waals surface area contributed by atoms with Crippen LogP contribution in [0.2, 0.25) is 0 Å². The predicted molar refractivity (Wildman–Crippen MR) is 111 cm³/mol. The van der Waals surface area contributed by atoms with Crippen molar-refractivity contribution in [2.45, 2.75) is 19.4 Å². The van der Waals surface area contributed by atoms with Gasteiger partial charge in [-0.05, 0) is 74.6 Å². The van der Waals surface area contributed by atoms with Crippen molar-refractivity contribution in [2.24, 2.45) is 0 Å². The molecule has 0 spiro atoms. The van der Waals surface area contributed by atoms with Gasteiger partial charge in [0.15, 0.2) is 5.11 Å². The Hall–Kier alpha value is -2.93. The minimum absolute atomic E-state index is 0.440. The van der Waals surface area contributed by atoms with Crippen LogP contribution in [0, 0.1) is 0 Å². The van der Waals surface area contributed by atoms with Crippen LogP contribution < -0.4 is 30.4 Å². The van der Waals surface area contributed by atoms with Crippen molar-refractivity contribution < 1.29 is 14.2 Å². The van der Waals surface area contributed by atoms with Gasteiger partial charge in [-0.25, -0.2) is 0 Å². The van der Waals surface area contributed by atoms with Crippen LogP contribution in [-0.4, -0.2) is 24.9 Å². The molecule has 0 amide bonds. The number of hydrogen-bond acceptors (Lipinski definition) is 5. The molecule has 3 rings (SSSR count). The lowest BCUT2D eigenvalue weighted by Gasteiger charge is -2.31. The van der Waals surface area contributed by atoms with Crippen molar-refractivity contribution >= 4 is 28.7 Å². The lowest BCUT2D eigenvalue weighted by Crippen LogP contribution is -2.41. The van der Waals surface area contributed by atoms with Crippen LogP contribution in [-0.2, 0) is 0 Å². The van der Waals surface area contributed by atoms with Crippen molar-refractivity contribution in [1.82, 2.24) is 10.9 Å². The van der Waals surface area contributed by atoms with E-state index < -0.39 is 5.60 Å². The maximum absolute atomic E-state index is 6.01. The van der Waals surface area contributed by atoms with Crippen molar-refractivity contribution in [3.8, 4) is 17.2 Å². The topological polar surface area (TPSA) is 63.8 Å². The van der Waals surface area contributed by atoms with Gasteiger partial charge in [0.25, 0.3) is 0 Å². The summed E-state index contributed by atoms with van der Waals surface area (Å²) < 4.78 is 16.5. The van der Waals surface area contributed by atoms with E-state index in [1.54, 1.807) is 14.2 Å². The van der Waals surface area contributed by atoms with Gasteiger partial charge in [-0.1, -0.05) is 0 Å². The lowest BCUT2D eigenvalue weighted by atomic mass is 9.99. The molecule has 1 heterocycles. The number of ether oxygens (including phenoxy) is 3. The van der Waals surface area contributed by atoms with Gasteiger partial charge in [-0.15, -0.1) is 0 Å². The molecule has 27 heavy (non-hydrogen) atoms. The van der Waals surface area contributed by atoms with E-state index >= 15 is 0 Å². The highest BCUT2D eigenvalue weighted by Crippen LogP contribution is 2.36. The molecule has 2 aromatic rings. The smallest absolute Gasteiger partial charge is 0.189 e. The fourth-order valence-corrected chi connectivity index (χ4v) is 2.91. The molecule has 0 saturated heterocycles. The molecule has 0 unspecified atom stereocenters. The van der Waals surface area contributed by atoms with E-state index in [9.17, 15) is 0 Å². The van der Waals surface area contributed by atoms with E-state index in [1.807, 2.05) is 62.4 Å². The molecule has 0 saturated carbocycles. The van der Waals surface area contributed by atoms with E-state index in [-0.39, 0.29) is 0 Å². The third-order valence-corrected chi connectivity index (χ3v) is 4.20. The minimum atomic E-state index is -0.448. The second-order valence-electron chi connectivity index (χ2n) is 6.56. The van der Waals surface area contributed by atoms with Gasteiger partial charge < -0.3 is 19.5 Å². The number of anilines is 1. The van der Waals surface area contributed by atoms with Gasteiger partial charge in [-0.2, -0.15) is 0 Å². The molecule has 7 heteroatoms. The lowest BCUT2D eigenvalue weighted by molar-refractivity contribution is 0.157. The molecule has 3 N–H and O–H groups in total. The molecule has 2 aromatic carbocycles. The Morgan fingerprint density at radius 3 is 2.33 bits per heavy atom. The molecule has 0 atom stereocenters. The van der Waals surface area contributed by atoms with Crippen molar-refractivity contribution in [1.29, 1.82) is 0 Å². The van der Waals surface area contributed by atoms with Crippen molar-refractivity contribution in [3.63, 3.8) is 0 Å². The quantitative estimate of drug-likeness (QED) is 0.536. The molecule has 0 bridgehead atoms. The molecule has 1 aliphatic rings. The SMILES string of the molecule is COc1ccc(NC(=S)NNC2=CC(C)(C)Oc3ccc(OC)cc32)cc1. The predicted octanol–water partition coefficient (Wildman–Crippen LogP) is 3.71.